The standard InChI is InChI=1S/C13H15N3O4/c1-10(2)12(17)19-8-9-20-13(18)15-16-14-11-6-4-3-5-7-11/h3-7H,1,8-9H2,2H3,(H,14,15,18). The fourth-order valence-electron chi connectivity index (χ4n) is 1.04. The minimum Gasteiger partial charge on any atom is -0.459 e. The third-order valence-corrected chi connectivity index (χ3v) is 1.96. The average Bonchev–Trinajstić information content (AvgIpc) is 2.44. The molecule has 0 unspecified atom stereocenters. The molecule has 0 bridgehead atoms. The van der Waals surface area contributed by atoms with Gasteiger partial charge in [0.1, 0.15) is 13.2 Å². The van der Waals surface area contributed by atoms with E-state index in [9.17, 15) is 9.59 Å². The van der Waals surface area contributed by atoms with Crippen LogP contribution in [-0.4, -0.2) is 25.3 Å². The number of nitrogens with zero attached hydrogens (tertiary/aromatic N) is 2. The molecule has 106 valence electrons. The van der Waals surface area contributed by atoms with E-state index in [4.69, 9.17) is 9.47 Å². The number of ether oxygens (including phenoxy) is 2. The first-order valence-electron chi connectivity index (χ1n) is 5.81. The Morgan fingerprint density at radius 1 is 1.20 bits per heavy atom. The van der Waals surface area contributed by atoms with Crippen molar-refractivity contribution < 1.29 is 19.1 Å². The van der Waals surface area contributed by atoms with Gasteiger partial charge in [-0.1, -0.05) is 30.0 Å². The molecule has 20 heavy (non-hydrogen) atoms. The molecule has 0 aliphatic rings. The highest BCUT2D eigenvalue weighted by Crippen LogP contribution is 2.08. The Labute approximate surface area is 116 Å². The van der Waals surface area contributed by atoms with Gasteiger partial charge in [-0.25, -0.2) is 9.59 Å². The van der Waals surface area contributed by atoms with Gasteiger partial charge < -0.3 is 9.47 Å². The average molecular weight is 277 g/mol. The summed E-state index contributed by atoms with van der Waals surface area (Å²) in [6.45, 7) is 4.82. The van der Waals surface area contributed by atoms with Crippen LogP contribution in [0.15, 0.2) is 52.8 Å². The summed E-state index contributed by atoms with van der Waals surface area (Å²) in [6.07, 6.45) is -0.781. The SMILES string of the molecule is C=C(C)C(=O)OCCOC(=O)NN=Nc1ccccc1. The smallest absolute Gasteiger partial charge is 0.429 e. The Hall–Kier alpha value is -2.70. The molecular formula is C13H15N3O4. The largest absolute Gasteiger partial charge is 0.459 e. The zero-order valence-electron chi connectivity index (χ0n) is 11.0. The molecule has 7 heteroatoms. The highest BCUT2D eigenvalue weighted by molar-refractivity contribution is 5.86. The maximum absolute atomic E-state index is 11.2. The number of carbonyl (C=O) groups excluding carboxylic acids is 2. The summed E-state index contributed by atoms with van der Waals surface area (Å²) in [5.74, 6) is -0.530. The van der Waals surface area contributed by atoms with Crippen molar-refractivity contribution in [2.45, 2.75) is 6.92 Å². The van der Waals surface area contributed by atoms with E-state index in [2.05, 4.69) is 22.3 Å². The van der Waals surface area contributed by atoms with Crippen LogP contribution < -0.4 is 5.43 Å². The number of benzene rings is 1. The maximum atomic E-state index is 11.2. The Morgan fingerprint density at radius 3 is 2.50 bits per heavy atom. The van der Waals surface area contributed by atoms with Gasteiger partial charge in [0.25, 0.3) is 0 Å². The number of hydrogen-bond acceptors (Lipinski definition) is 6. The third-order valence-electron chi connectivity index (χ3n) is 1.96. The summed E-state index contributed by atoms with van der Waals surface area (Å²) in [5.41, 5.74) is 2.96. The molecule has 0 aliphatic heterocycles. The van der Waals surface area contributed by atoms with Gasteiger partial charge in [0.05, 0.1) is 5.69 Å². The van der Waals surface area contributed by atoms with Gasteiger partial charge >= 0.3 is 12.1 Å². The van der Waals surface area contributed by atoms with Crippen molar-refractivity contribution in [1.82, 2.24) is 5.43 Å². The van der Waals surface area contributed by atoms with Crippen LogP contribution >= 0.6 is 0 Å². The summed E-state index contributed by atoms with van der Waals surface area (Å²) in [4.78, 5) is 22.2. The highest BCUT2D eigenvalue weighted by Gasteiger charge is 2.04. The third kappa shape index (κ3) is 6.29. The maximum Gasteiger partial charge on any atom is 0.429 e. The monoisotopic (exact) mass is 277 g/mol. The normalized spacial score (nSPS) is 10.1. The molecule has 1 rings (SSSR count). The lowest BCUT2D eigenvalue weighted by Gasteiger charge is -2.04. The molecule has 0 heterocycles. The minimum absolute atomic E-state index is 0.0467. The zero-order valence-corrected chi connectivity index (χ0v) is 11.0. The van der Waals surface area contributed by atoms with Crippen LogP contribution in [0.2, 0.25) is 0 Å². The molecule has 0 atom stereocenters. The first-order chi connectivity index (χ1) is 9.59. The predicted molar refractivity (Wildman–Crippen MR) is 71.2 cm³/mol. The lowest BCUT2D eigenvalue weighted by atomic mass is 10.3. The molecule has 0 fully saturated rings. The molecule has 0 saturated carbocycles. The van der Waals surface area contributed by atoms with Crippen molar-refractivity contribution in [1.29, 1.82) is 0 Å². The van der Waals surface area contributed by atoms with E-state index in [1.807, 2.05) is 6.07 Å². The van der Waals surface area contributed by atoms with E-state index in [0.717, 1.165) is 0 Å². The second-order valence-electron chi connectivity index (χ2n) is 3.70. The van der Waals surface area contributed by atoms with Crippen LogP contribution in [0.4, 0.5) is 10.5 Å². The second-order valence-corrected chi connectivity index (χ2v) is 3.70. The number of nitrogens with one attached hydrogen (secondary N) is 1. The van der Waals surface area contributed by atoms with Gasteiger partial charge in [0.2, 0.25) is 0 Å². The summed E-state index contributed by atoms with van der Waals surface area (Å²) < 4.78 is 9.43. The van der Waals surface area contributed by atoms with E-state index >= 15 is 0 Å². The number of carbonyl (C=O) groups is 2. The number of amides is 1. The van der Waals surface area contributed by atoms with Crippen LogP contribution in [0.5, 0.6) is 0 Å². The van der Waals surface area contributed by atoms with Crippen LogP contribution in [0.25, 0.3) is 0 Å². The van der Waals surface area contributed by atoms with Gasteiger partial charge in [0.15, 0.2) is 0 Å². The minimum atomic E-state index is -0.781. The van der Waals surface area contributed by atoms with Gasteiger partial charge in [-0.15, -0.1) is 5.11 Å². The van der Waals surface area contributed by atoms with Crippen molar-refractivity contribution in [3.63, 3.8) is 0 Å². The summed E-state index contributed by atoms with van der Waals surface area (Å²) in [6, 6.07) is 8.89. The fourth-order valence-corrected chi connectivity index (χ4v) is 1.04. The van der Waals surface area contributed by atoms with Crippen LogP contribution in [0.1, 0.15) is 6.92 Å². The Balaban J connectivity index is 2.16. The topological polar surface area (TPSA) is 89.3 Å². The summed E-state index contributed by atoms with van der Waals surface area (Å²) in [7, 11) is 0. The van der Waals surface area contributed by atoms with E-state index in [0.29, 0.717) is 5.69 Å². The Bertz CT molecular complexity index is 500. The van der Waals surface area contributed by atoms with E-state index in [1.54, 1.807) is 24.3 Å². The molecule has 1 aromatic rings. The summed E-state index contributed by atoms with van der Waals surface area (Å²) >= 11 is 0. The van der Waals surface area contributed by atoms with Crippen molar-refractivity contribution in [2.24, 2.45) is 10.3 Å². The lowest BCUT2D eigenvalue weighted by molar-refractivity contribution is -0.139. The molecular weight excluding hydrogens is 262 g/mol. The molecule has 0 radical (unpaired) electrons. The highest BCUT2D eigenvalue weighted by atomic mass is 16.6. The van der Waals surface area contributed by atoms with Gasteiger partial charge in [-0.05, 0) is 19.1 Å². The quantitative estimate of drug-likeness (QED) is 0.284. The Morgan fingerprint density at radius 2 is 1.85 bits per heavy atom. The number of rotatable bonds is 6. The first kappa shape index (κ1) is 15.4. The summed E-state index contributed by atoms with van der Waals surface area (Å²) in [5, 5.41) is 7.20. The van der Waals surface area contributed by atoms with Crippen LogP contribution in [-0.2, 0) is 14.3 Å². The Kier molecular flexibility index (Phi) is 6.46. The van der Waals surface area contributed by atoms with Crippen molar-refractivity contribution >= 4 is 17.7 Å². The molecule has 1 amide bonds. The van der Waals surface area contributed by atoms with Crippen molar-refractivity contribution in [3.05, 3.63) is 42.5 Å². The molecule has 1 aromatic carbocycles. The van der Waals surface area contributed by atoms with Gasteiger partial charge in [-0.2, -0.15) is 5.43 Å². The first-order valence-corrected chi connectivity index (χ1v) is 5.81. The molecule has 1 N–H and O–H groups in total. The van der Waals surface area contributed by atoms with Crippen molar-refractivity contribution in [2.75, 3.05) is 13.2 Å². The predicted octanol–water partition coefficient (Wildman–Crippen LogP) is 2.53. The number of esters is 1. The zero-order chi connectivity index (χ0) is 14.8. The van der Waals surface area contributed by atoms with E-state index in [-0.39, 0.29) is 18.8 Å². The van der Waals surface area contributed by atoms with Crippen molar-refractivity contribution in [3.8, 4) is 0 Å². The fraction of sp³-hybridized carbons (Fsp3) is 0.231. The molecule has 0 saturated heterocycles. The lowest BCUT2D eigenvalue weighted by Crippen LogP contribution is -2.21. The van der Waals surface area contributed by atoms with Crippen LogP contribution in [0, 0.1) is 0 Å². The molecule has 0 spiro atoms. The van der Waals surface area contributed by atoms with Gasteiger partial charge in [-0.3, -0.25) is 0 Å². The van der Waals surface area contributed by atoms with Crippen LogP contribution in [0.3, 0.4) is 0 Å². The number of hydrogen-bond donors (Lipinski definition) is 1. The van der Waals surface area contributed by atoms with Gasteiger partial charge in [0, 0.05) is 5.57 Å². The molecule has 0 aromatic heterocycles. The molecule has 0 aliphatic carbocycles. The molecule has 7 nitrogen and oxygen atoms in total. The van der Waals surface area contributed by atoms with E-state index in [1.165, 1.54) is 6.92 Å². The van der Waals surface area contributed by atoms with E-state index < -0.39 is 12.1 Å². The second kappa shape index (κ2) is 8.41.